The lowest BCUT2D eigenvalue weighted by atomic mass is 10.1. The number of ether oxygens (including phenoxy) is 2. The summed E-state index contributed by atoms with van der Waals surface area (Å²) in [4.78, 5) is 15.0. The number of sulfone groups is 1. The molecule has 2 aromatic carbocycles. The Labute approximate surface area is 180 Å². The summed E-state index contributed by atoms with van der Waals surface area (Å²) in [6.07, 6.45) is 0. The van der Waals surface area contributed by atoms with Crippen LogP contribution in [0.4, 0.5) is 4.79 Å². The zero-order valence-electron chi connectivity index (χ0n) is 17.1. The van der Waals surface area contributed by atoms with E-state index in [0.717, 1.165) is 0 Å². The van der Waals surface area contributed by atoms with Gasteiger partial charge in [-0.3, -0.25) is 0 Å². The second-order valence-corrected chi connectivity index (χ2v) is 8.61. The van der Waals surface area contributed by atoms with E-state index in [1.165, 1.54) is 6.92 Å². The maximum Gasteiger partial charge on any atom is 0.316 e. The van der Waals surface area contributed by atoms with Gasteiger partial charge in [0.2, 0.25) is 9.84 Å². The number of amides is 2. The number of oxazole rings is 1. The number of nitrogens with zero attached hydrogens (tertiary/aromatic N) is 1. The van der Waals surface area contributed by atoms with Crippen molar-refractivity contribution in [1.82, 2.24) is 10.3 Å². The van der Waals surface area contributed by atoms with Crippen LogP contribution < -0.4 is 20.5 Å². The third-order valence-corrected chi connectivity index (χ3v) is 5.87. The minimum absolute atomic E-state index is 0.124. The fourth-order valence-electron chi connectivity index (χ4n) is 2.74. The lowest BCUT2D eigenvalue weighted by molar-refractivity contribution is 0.244. The Morgan fingerprint density at radius 2 is 1.68 bits per heavy atom. The minimum Gasteiger partial charge on any atom is -0.497 e. The number of hydrogen-bond donors (Lipinski definition) is 2. The molecule has 0 atom stereocenters. The first-order valence-electron chi connectivity index (χ1n) is 9.48. The van der Waals surface area contributed by atoms with Crippen LogP contribution in [0.15, 0.2) is 58.2 Å². The third-order valence-electron chi connectivity index (χ3n) is 4.40. The summed E-state index contributed by atoms with van der Waals surface area (Å²) in [7, 11) is -2.07. The molecular formula is C21H23N3O6S. The van der Waals surface area contributed by atoms with Crippen molar-refractivity contribution in [3.8, 4) is 34.1 Å². The molecule has 2 amide bonds. The highest BCUT2D eigenvalue weighted by molar-refractivity contribution is 7.91. The Morgan fingerprint density at radius 3 is 2.26 bits per heavy atom. The summed E-state index contributed by atoms with van der Waals surface area (Å²) in [5.74, 6) is 1.45. The molecule has 9 nitrogen and oxygen atoms in total. The normalized spacial score (nSPS) is 11.2. The Balaban J connectivity index is 1.92. The molecule has 1 heterocycles. The van der Waals surface area contributed by atoms with E-state index in [1.54, 1.807) is 55.6 Å². The van der Waals surface area contributed by atoms with E-state index in [9.17, 15) is 13.2 Å². The molecule has 3 N–H and O–H groups in total. The molecule has 1 aromatic heterocycles. The Hall–Kier alpha value is -3.53. The first kappa shape index (κ1) is 22.2. The van der Waals surface area contributed by atoms with Crippen molar-refractivity contribution in [3.63, 3.8) is 0 Å². The van der Waals surface area contributed by atoms with E-state index in [-0.39, 0.29) is 24.1 Å². The molecule has 0 spiro atoms. The van der Waals surface area contributed by atoms with Crippen molar-refractivity contribution in [3.05, 3.63) is 48.5 Å². The predicted octanol–water partition coefficient (Wildman–Crippen LogP) is 2.86. The standard InChI is InChI=1S/C21H23N3O6S/c1-3-31(26,27)21-24-18(14-4-8-16(28-2)9-5-14)19(30-21)15-6-10-17(11-7-15)29-13-12-23-20(22)25/h4-11H,3,12-13H2,1-2H3,(H3,22,23,25). The molecule has 0 aliphatic carbocycles. The summed E-state index contributed by atoms with van der Waals surface area (Å²) in [6, 6.07) is 13.4. The maximum atomic E-state index is 12.3. The number of methoxy groups -OCH3 is 1. The number of nitrogens with one attached hydrogen (secondary N) is 1. The van der Waals surface area contributed by atoms with Crippen molar-refractivity contribution in [2.45, 2.75) is 12.1 Å². The van der Waals surface area contributed by atoms with Crippen LogP contribution in [-0.2, 0) is 9.84 Å². The number of nitrogens with two attached hydrogens (primary N) is 1. The highest BCUT2D eigenvalue weighted by Gasteiger charge is 2.24. The Kier molecular flexibility index (Phi) is 6.81. The average molecular weight is 445 g/mol. The largest absolute Gasteiger partial charge is 0.497 e. The van der Waals surface area contributed by atoms with Crippen molar-refractivity contribution >= 4 is 15.9 Å². The van der Waals surface area contributed by atoms with Crippen molar-refractivity contribution in [2.75, 3.05) is 26.0 Å². The van der Waals surface area contributed by atoms with E-state index < -0.39 is 15.9 Å². The van der Waals surface area contributed by atoms with E-state index in [1.807, 2.05) is 0 Å². The van der Waals surface area contributed by atoms with Gasteiger partial charge in [-0.15, -0.1) is 0 Å². The van der Waals surface area contributed by atoms with Crippen LogP contribution in [0.3, 0.4) is 0 Å². The van der Waals surface area contributed by atoms with Gasteiger partial charge in [0.15, 0.2) is 5.76 Å². The third kappa shape index (κ3) is 5.34. The molecule has 164 valence electrons. The van der Waals surface area contributed by atoms with Crippen LogP contribution in [0.25, 0.3) is 22.6 Å². The van der Waals surface area contributed by atoms with Gasteiger partial charge in [-0.05, 0) is 48.5 Å². The van der Waals surface area contributed by atoms with Gasteiger partial charge in [0, 0.05) is 11.1 Å². The quantitative estimate of drug-likeness (QED) is 0.484. The zero-order valence-corrected chi connectivity index (χ0v) is 17.9. The molecule has 10 heteroatoms. The summed E-state index contributed by atoms with van der Waals surface area (Å²) in [6.45, 7) is 2.06. The van der Waals surface area contributed by atoms with Crippen LogP contribution in [0.5, 0.6) is 11.5 Å². The van der Waals surface area contributed by atoms with Crippen LogP contribution in [0.1, 0.15) is 6.92 Å². The topological polar surface area (TPSA) is 134 Å². The molecule has 3 aromatic rings. The molecule has 0 saturated carbocycles. The number of benzene rings is 2. The molecular weight excluding hydrogens is 422 g/mol. The van der Waals surface area contributed by atoms with E-state index >= 15 is 0 Å². The summed E-state index contributed by atoms with van der Waals surface area (Å²) in [5, 5.41) is 2.11. The van der Waals surface area contributed by atoms with Gasteiger partial charge in [-0.1, -0.05) is 6.92 Å². The first-order chi connectivity index (χ1) is 14.8. The van der Waals surface area contributed by atoms with Gasteiger partial charge in [-0.2, -0.15) is 4.98 Å². The van der Waals surface area contributed by atoms with Crippen molar-refractivity contribution in [2.24, 2.45) is 5.73 Å². The molecule has 0 bridgehead atoms. The summed E-state index contributed by atoms with van der Waals surface area (Å²) < 4.78 is 41.1. The lowest BCUT2D eigenvalue weighted by Gasteiger charge is -2.07. The average Bonchev–Trinajstić information content (AvgIpc) is 3.23. The van der Waals surface area contributed by atoms with E-state index in [4.69, 9.17) is 19.6 Å². The maximum absolute atomic E-state index is 12.3. The van der Waals surface area contributed by atoms with Crippen molar-refractivity contribution < 1.29 is 27.1 Å². The Bertz CT molecular complexity index is 1140. The number of carbonyl (C=O) groups is 1. The fourth-order valence-corrected chi connectivity index (χ4v) is 3.43. The molecule has 31 heavy (non-hydrogen) atoms. The van der Waals surface area contributed by atoms with E-state index in [2.05, 4.69) is 10.3 Å². The highest BCUT2D eigenvalue weighted by Crippen LogP contribution is 2.35. The van der Waals surface area contributed by atoms with Crippen LogP contribution >= 0.6 is 0 Å². The molecule has 0 fully saturated rings. The van der Waals surface area contributed by atoms with Crippen LogP contribution in [0.2, 0.25) is 0 Å². The van der Waals surface area contributed by atoms with Crippen molar-refractivity contribution in [1.29, 1.82) is 0 Å². The molecule has 0 aliphatic rings. The number of primary amides is 1. The molecule has 0 radical (unpaired) electrons. The van der Waals surface area contributed by atoms with E-state index in [0.29, 0.717) is 34.1 Å². The number of hydrogen-bond acceptors (Lipinski definition) is 7. The van der Waals surface area contributed by atoms with Crippen LogP contribution in [-0.4, -0.2) is 45.4 Å². The Morgan fingerprint density at radius 1 is 1.06 bits per heavy atom. The number of rotatable bonds is 9. The SMILES string of the molecule is CCS(=O)(=O)c1nc(-c2ccc(OC)cc2)c(-c2ccc(OCCNC(N)=O)cc2)o1. The molecule has 0 saturated heterocycles. The smallest absolute Gasteiger partial charge is 0.316 e. The second-order valence-electron chi connectivity index (χ2n) is 6.45. The fraction of sp³-hybridized carbons (Fsp3) is 0.238. The first-order valence-corrected chi connectivity index (χ1v) is 11.1. The lowest BCUT2D eigenvalue weighted by Crippen LogP contribution is -2.32. The second kappa shape index (κ2) is 9.52. The minimum atomic E-state index is -3.63. The predicted molar refractivity (Wildman–Crippen MR) is 115 cm³/mol. The number of carbonyl (C=O) groups excluding carboxylic acids is 1. The van der Waals surface area contributed by atoms with Gasteiger partial charge in [0.1, 0.15) is 23.8 Å². The molecule has 3 rings (SSSR count). The highest BCUT2D eigenvalue weighted by atomic mass is 32.2. The summed E-state index contributed by atoms with van der Waals surface area (Å²) in [5.41, 5.74) is 6.74. The number of urea groups is 1. The van der Waals surface area contributed by atoms with Gasteiger partial charge in [0.25, 0.3) is 0 Å². The van der Waals surface area contributed by atoms with Gasteiger partial charge in [-0.25, -0.2) is 13.2 Å². The van der Waals surface area contributed by atoms with Gasteiger partial charge in [0.05, 0.1) is 19.4 Å². The zero-order chi connectivity index (χ0) is 22.4. The van der Waals surface area contributed by atoms with Gasteiger partial charge < -0.3 is 24.9 Å². The molecule has 0 unspecified atom stereocenters. The van der Waals surface area contributed by atoms with Gasteiger partial charge >= 0.3 is 11.3 Å². The molecule has 0 aliphatic heterocycles. The monoisotopic (exact) mass is 445 g/mol. The number of aromatic nitrogens is 1. The van der Waals surface area contributed by atoms with Crippen LogP contribution in [0, 0.1) is 0 Å². The summed E-state index contributed by atoms with van der Waals surface area (Å²) >= 11 is 0.